The average Bonchev–Trinajstić information content (AvgIpc) is 3.63. The number of furan rings is 1. The molecule has 1 heterocycles. The van der Waals surface area contributed by atoms with Crippen LogP contribution in [0.3, 0.4) is 0 Å². The highest BCUT2D eigenvalue weighted by Crippen LogP contribution is 2.43. The number of anilines is 3. The van der Waals surface area contributed by atoms with Gasteiger partial charge in [0.15, 0.2) is 0 Å². The van der Waals surface area contributed by atoms with E-state index in [9.17, 15) is 0 Å². The molecule has 0 saturated carbocycles. The molecule has 0 saturated heterocycles. The number of nitrogens with zero attached hydrogens (tertiary/aromatic N) is 1. The van der Waals surface area contributed by atoms with Crippen molar-refractivity contribution in [1.29, 1.82) is 0 Å². The van der Waals surface area contributed by atoms with Crippen molar-refractivity contribution >= 4 is 38.8 Å². The molecule has 0 aliphatic rings. The standard InChI is InChI=1S/C48H33NO/c1-2-11-34(12-3-1)39-16-10-17-40(31-39)36-23-27-43(28-24-36)49(46-19-8-7-18-45(46)48-33-42-15-6-9-20-47(42)50-48)44-29-25-37(26-30-44)41-22-21-35-13-4-5-14-38(35)32-41/h1-33H. The highest BCUT2D eigenvalue weighted by Gasteiger charge is 2.19. The van der Waals surface area contributed by atoms with Gasteiger partial charge in [0.05, 0.1) is 5.69 Å². The van der Waals surface area contributed by atoms with Gasteiger partial charge in [0.25, 0.3) is 0 Å². The normalized spacial score (nSPS) is 11.2. The Morgan fingerprint density at radius 3 is 1.54 bits per heavy atom. The number of hydrogen-bond acceptors (Lipinski definition) is 2. The largest absolute Gasteiger partial charge is 0.456 e. The van der Waals surface area contributed by atoms with Gasteiger partial charge < -0.3 is 9.32 Å². The van der Waals surface area contributed by atoms with Gasteiger partial charge in [0.2, 0.25) is 0 Å². The second-order valence-corrected chi connectivity index (χ2v) is 12.6. The Labute approximate surface area is 292 Å². The molecule has 0 spiro atoms. The molecule has 9 rings (SSSR count). The number of fused-ring (bicyclic) bond motifs is 2. The molecular formula is C48H33NO. The minimum Gasteiger partial charge on any atom is -0.456 e. The third-order valence-corrected chi connectivity index (χ3v) is 9.47. The summed E-state index contributed by atoms with van der Waals surface area (Å²) in [6.45, 7) is 0. The lowest BCUT2D eigenvalue weighted by Crippen LogP contribution is -2.11. The van der Waals surface area contributed by atoms with Gasteiger partial charge in [0, 0.05) is 22.3 Å². The van der Waals surface area contributed by atoms with E-state index in [0.29, 0.717) is 0 Å². The van der Waals surface area contributed by atoms with Gasteiger partial charge in [-0.25, -0.2) is 0 Å². The van der Waals surface area contributed by atoms with Gasteiger partial charge >= 0.3 is 0 Å². The van der Waals surface area contributed by atoms with Crippen LogP contribution >= 0.6 is 0 Å². The van der Waals surface area contributed by atoms with Gasteiger partial charge in [-0.3, -0.25) is 0 Å². The maximum atomic E-state index is 6.43. The van der Waals surface area contributed by atoms with E-state index in [1.165, 1.54) is 44.2 Å². The molecule has 0 radical (unpaired) electrons. The van der Waals surface area contributed by atoms with E-state index in [4.69, 9.17) is 4.42 Å². The Kier molecular flexibility index (Phi) is 7.53. The second-order valence-electron chi connectivity index (χ2n) is 12.6. The molecule has 0 amide bonds. The van der Waals surface area contributed by atoms with Crippen LogP contribution in [0.15, 0.2) is 205 Å². The monoisotopic (exact) mass is 639 g/mol. The van der Waals surface area contributed by atoms with E-state index >= 15 is 0 Å². The summed E-state index contributed by atoms with van der Waals surface area (Å²) in [4.78, 5) is 2.33. The van der Waals surface area contributed by atoms with E-state index < -0.39 is 0 Å². The molecule has 0 fully saturated rings. The van der Waals surface area contributed by atoms with Crippen LogP contribution in [0, 0.1) is 0 Å². The second kappa shape index (κ2) is 12.8. The molecule has 1 aromatic heterocycles. The summed E-state index contributed by atoms with van der Waals surface area (Å²) in [5, 5.41) is 3.58. The van der Waals surface area contributed by atoms with Crippen molar-refractivity contribution in [2.45, 2.75) is 0 Å². The lowest BCUT2D eigenvalue weighted by Gasteiger charge is -2.27. The van der Waals surface area contributed by atoms with Crippen LogP contribution in [0.5, 0.6) is 0 Å². The van der Waals surface area contributed by atoms with Gasteiger partial charge in [-0.15, -0.1) is 0 Å². The Balaban J connectivity index is 1.13. The van der Waals surface area contributed by atoms with Crippen molar-refractivity contribution in [1.82, 2.24) is 0 Å². The van der Waals surface area contributed by atoms with Crippen LogP contribution in [0.2, 0.25) is 0 Å². The fraction of sp³-hybridized carbons (Fsp3) is 0. The van der Waals surface area contributed by atoms with Crippen LogP contribution in [0.1, 0.15) is 0 Å². The molecule has 8 aromatic carbocycles. The molecule has 0 atom stereocenters. The first-order valence-electron chi connectivity index (χ1n) is 17.0. The lowest BCUT2D eigenvalue weighted by molar-refractivity contribution is 0.631. The predicted molar refractivity (Wildman–Crippen MR) is 210 cm³/mol. The zero-order chi connectivity index (χ0) is 33.3. The van der Waals surface area contributed by atoms with Crippen molar-refractivity contribution in [3.63, 3.8) is 0 Å². The lowest BCUT2D eigenvalue weighted by atomic mass is 9.98. The van der Waals surface area contributed by atoms with Crippen LogP contribution in [0.25, 0.3) is 66.4 Å². The molecule has 50 heavy (non-hydrogen) atoms. The van der Waals surface area contributed by atoms with E-state index in [-0.39, 0.29) is 0 Å². The average molecular weight is 640 g/mol. The van der Waals surface area contributed by atoms with Crippen LogP contribution < -0.4 is 4.90 Å². The summed E-state index contributed by atoms with van der Waals surface area (Å²) in [7, 11) is 0. The molecule has 0 aliphatic heterocycles. The SMILES string of the molecule is c1ccc(-c2cccc(-c3ccc(N(c4ccc(-c5ccc6ccccc6c5)cc4)c4ccccc4-c4cc5ccccc5o4)cc3)c2)cc1. The minimum absolute atomic E-state index is 0.842. The fourth-order valence-electron chi connectivity index (χ4n) is 6.90. The maximum Gasteiger partial charge on any atom is 0.137 e. The van der Waals surface area contributed by atoms with Crippen molar-refractivity contribution in [2.24, 2.45) is 0 Å². The molecule has 2 nitrogen and oxygen atoms in total. The van der Waals surface area contributed by atoms with E-state index in [1.54, 1.807) is 0 Å². The van der Waals surface area contributed by atoms with Gasteiger partial charge in [0.1, 0.15) is 11.3 Å². The first-order valence-corrected chi connectivity index (χ1v) is 17.0. The van der Waals surface area contributed by atoms with Crippen molar-refractivity contribution < 1.29 is 4.42 Å². The molecular weight excluding hydrogens is 607 g/mol. The van der Waals surface area contributed by atoms with Crippen molar-refractivity contribution in [3.05, 3.63) is 200 Å². The molecule has 9 aromatic rings. The summed E-state index contributed by atoms with van der Waals surface area (Å²) < 4.78 is 6.43. The molecule has 0 unspecified atom stereocenters. The van der Waals surface area contributed by atoms with Gasteiger partial charge in [-0.2, -0.15) is 0 Å². The Morgan fingerprint density at radius 1 is 0.320 bits per heavy atom. The number of rotatable bonds is 7. The zero-order valence-electron chi connectivity index (χ0n) is 27.4. The molecule has 0 aliphatic carbocycles. The summed E-state index contributed by atoms with van der Waals surface area (Å²) in [5.74, 6) is 0.842. The molecule has 236 valence electrons. The van der Waals surface area contributed by atoms with Crippen molar-refractivity contribution in [2.75, 3.05) is 4.90 Å². The highest BCUT2D eigenvalue weighted by atomic mass is 16.3. The number of benzene rings is 8. The quantitative estimate of drug-likeness (QED) is 0.173. The highest BCUT2D eigenvalue weighted by molar-refractivity contribution is 5.92. The maximum absolute atomic E-state index is 6.43. The van der Waals surface area contributed by atoms with Crippen molar-refractivity contribution in [3.8, 4) is 44.7 Å². The minimum atomic E-state index is 0.842. The fourth-order valence-corrected chi connectivity index (χ4v) is 6.90. The number of para-hydroxylation sites is 2. The number of hydrogen-bond donors (Lipinski definition) is 0. The van der Waals surface area contributed by atoms with Gasteiger partial charge in [-0.05, 0) is 105 Å². The van der Waals surface area contributed by atoms with Gasteiger partial charge in [-0.1, -0.05) is 140 Å². The van der Waals surface area contributed by atoms with Crippen LogP contribution in [0.4, 0.5) is 17.1 Å². The third-order valence-electron chi connectivity index (χ3n) is 9.47. The summed E-state index contributed by atoms with van der Waals surface area (Å²) in [6.07, 6.45) is 0. The Hall–Kier alpha value is -6.64. The predicted octanol–water partition coefficient (Wildman–Crippen LogP) is 13.7. The van der Waals surface area contributed by atoms with E-state index in [1.807, 2.05) is 18.2 Å². The molecule has 0 bridgehead atoms. The third kappa shape index (κ3) is 5.63. The van der Waals surface area contributed by atoms with E-state index in [2.05, 4.69) is 187 Å². The Bertz CT molecular complexity index is 2550. The first-order chi connectivity index (χ1) is 24.8. The summed E-state index contributed by atoms with van der Waals surface area (Å²) in [6, 6.07) is 71.1. The smallest absolute Gasteiger partial charge is 0.137 e. The summed E-state index contributed by atoms with van der Waals surface area (Å²) in [5.41, 5.74) is 12.2. The van der Waals surface area contributed by atoms with E-state index in [0.717, 1.165) is 39.4 Å². The zero-order valence-corrected chi connectivity index (χ0v) is 27.4. The van der Waals surface area contributed by atoms with Crippen LogP contribution in [-0.4, -0.2) is 0 Å². The Morgan fingerprint density at radius 2 is 0.840 bits per heavy atom. The van der Waals surface area contributed by atoms with Crippen LogP contribution in [-0.2, 0) is 0 Å². The summed E-state index contributed by atoms with van der Waals surface area (Å²) >= 11 is 0. The molecule has 0 N–H and O–H groups in total. The first kappa shape index (κ1) is 29.5. The topological polar surface area (TPSA) is 16.4 Å². The molecule has 2 heteroatoms.